The molecule has 0 unspecified atom stereocenters. The number of fused-ring (bicyclic) bond motifs is 1. The van der Waals surface area contributed by atoms with E-state index >= 15 is 0 Å². The van der Waals surface area contributed by atoms with E-state index in [2.05, 4.69) is 10.4 Å². The lowest BCUT2D eigenvalue weighted by molar-refractivity contribution is -0.154. The molecule has 0 spiro atoms. The molecule has 0 saturated carbocycles. The first-order chi connectivity index (χ1) is 10.3. The van der Waals surface area contributed by atoms with Gasteiger partial charge in [0.1, 0.15) is 12.1 Å². The second-order valence-electron chi connectivity index (χ2n) is 6.13. The van der Waals surface area contributed by atoms with Gasteiger partial charge in [-0.2, -0.15) is 5.10 Å². The predicted octanol–water partition coefficient (Wildman–Crippen LogP) is 1.57. The van der Waals surface area contributed by atoms with Gasteiger partial charge in [0.05, 0.1) is 17.6 Å². The van der Waals surface area contributed by atoms with Gasteiger partial charge in [0.2, 0.25) is 5.91 Å². The normalized spacial score (nSPS) is 11.5. The van der Waals surface area contributed by atoms with Crippen molar-refractivity contribution in [2.24, 2.45) is 7.05 Å². The Labute approximate surface area is 129 Å². The molecule has 0 aliphatic carbocycles. The van der Waals surface area contributed by atoms with E-state index in [0.29, 0.717) is 5.69 Å². The third-order valence-corrected chi connectivity index (χ3v) is 3.01. The van der Waals surface area contributed by atoms with E-state index < -0.39 is 11.6 Å². The molecule has 0 radical (unpaired) electrons. The number of hydrogen-bond donors (Lipinski definition) is 1. The second-order valence-corrected chi connectivity index (χ2v) is 6.13. The molecule has 1 aromatic carbocycles. The number of aryl methyl sites for hydroxylation is 1. The van der Waals surface area contributed by atoms with Crippen molar-refractivity contribution >= 4 is 22.8 Å². The smallest absolute Gasteiger partial charge is 0.325 e. The summed E-state index contributed by atoms with van der Waals surface area (Å²) in [6.45, 7) is 5.22. The Morgan fingerprint density at radius 2 is 1.95 bits per heavy atom. The molecule has 0 bridgehead atoms. The Morgan fingerprint density at radius 3 is 2.64 bits per heavy atom. The monoisotopic (exact) mass is 303 g/mol. The van der Waals surface area contributed by atoms with Crippen molar-refractivity contribution in [3.63, 3.8) is 0 Å². The quantitative estimate of drug-likeness (QED) is 0.870. The molecule has 0 atom stereocenters. The first-order valence-electron chi connectivity index (χ1n) is 7.15. The minimum atomic E-state index is -0.557. The van der Waals surface area contributed by atoms with Crippen molar-refractivity contribution < 1.29 is 14.3 Å². The van der Waals surface area contributed by atoms with Crippen LogP contribution in [0.3, 0.4) is 0 Å². The summed E-state index contributed by atoms with van der Waals surface area (Å²) in [5.74, 6) is -0.707. The van der Waals surface area contributed by atoms with E-state index in [1.165, 1.54) is 0 Å². The number of benzene rings is 1. The van der Waals surface area contributed by atoms with Crippen molar-refractivity contribution in [2.45, 2.75) is 32.8 Å². The average molecular weight is 303 g/mol. The minimum absolute atomic E-state index is 0.129. The van der Waals surface area contributed by atoms with Crippen molar-refractivity contribution in [1.82, 2.24) is 15.1 Å². The van der Waals surface area contributed by atoms with Crippen LogP contribution in [0.25, 0.3) is 10.9 Å². The minimum Gasteiger partial charge on any atom is -0.459 e. The van der Waals surface area contributed by atoms with Crippen LogP contribution in [0.1, 0.15) is 26.5 Å². The number of amides is 1. The van der Waals surface area contributed by atoms with Crippen LogP contribution >= 0.6 is 0 Å². The number of carbonyl (C=O) groups excluding carboxylic acids is 2. The summed E-state index contributed by atoms with van der Waals surface area (Å²) in [5.41, 5.74) is 1.11. The second kappa shape index (κ2) is 6.17. The average Bonchev–Trinajstić information content (AvgIpc) is 2.72. The van der Waals surface area contributed by atoms with Crippen LogP contribution in [0.2, 0.25) is 0 Å². The SMILES string of the molecule is Cn1nc(CC(=O)NCC(=O)OC(C)(C)C)c2ccccc21. The molecule has 22 heavy (non-hydrogen) atoms. The maximum atomic E-state index is 12.0. The van der Waals surface area contributed by atoms with E-state index in [1.807, 2.05) is 31.3 Å². The number of aromatic nitrogens is 2. The van der Waals surface area contributed by atoms with Crippen LogP contribution in [-0.2, 0) is 27.8 Å². The molecule has 118 valence electrons. The number of esters is 1. The molecular weight excluding hydrogens is 282 g/mol. The van der Waals surface area contributed by atoms with E-state index in [-0.39, 0.29) is 18.9 Å². The van der Waals surface area contributed by atoms with Gasteiger partial charge in [-0.3, -0.25) is 14.3 Å². The first kappa shape index (κ1) is 16.0. The number of carbonyl (C=O) groups is 2. The molecule has 2 rings (SSSR count). The maximum absolute atomic E-state index is 12.0. The fourth-order valence-electron chi connectivity index (χ4n) is 2.18. The molecule has 0 saturated heterocycles. The van der Waals surface area contributed by atoms with Crippen molar-refractivity contribution in [1.29, 1.82) is 0 Å². The van der Waals surface area contributed by atoms with E-state index in [4.69, 9.17) is 4.74 Å². The fraction of sp³-hybridized carbons (Fsp3) is 0.438. The molecule has 6 nitrogen and oxygen atoms in total. The van der Waals surface area contributed by atoms with Gasteiger partial charge in [-0.1, -0.05) is 18.2 Å². The topological polar surface area (TPSA) is 73.2 Å². The third kappa shape index (κ3) is 4.07. The summed E-state index contributed by atoms with van der Waals surface area (Å²) in [5, 5.41) is 7.86. The van der Waals surface area contributed by atoms with Crippen LogP contribution in [0.15, 0.2) is 24.3 Å². The zero-order valence-corrected chi connectivity index (χ0v) is 13.3. The lowest BCUT2D eigenvalue weighted by Crippen LogP contribution is -2.35. The summed E-state index contributed by atoms with van der Waals surface area (Å²) in [4.78, 5) is 23.5. The number of para-hydroxylation sites is 1. The largest absolute Gasteiger partial charge is 0.459 e. The third-order valence-electron chi connectivity index (χ3n) is 3.01. The molecule has 1 heterocycles. The zero-order valence-electron chi connectivity index (χ0n) is 13.3. The number of hydrogen-bond acceptors (Lipinski definition) is 4. The van der Waals surface area contributed by atoms with Gasteiger partial charge in [0.25, 0.3) is 0 Å². The highest BCUT2D eigenvalue weighted by Crippen LogP contribution is 2.17. The van der Waals surface area contributed by atoms with Gasteiger partial charge >= 0.3 is 5.97 Å². The van der Waals surface area contributed by atoms with Crippen molar-refractivity contribution in [3.05, 3.63) is 30.0 Å². The van der Waals surface area contributed by atoms with E-state index in [9.17, 15) is 9.59 Å². The fourth-order valence-corrected chi connectivity index (χ4v) is 2.18. The molecular formula is C16H21N3O3. The highest BCUT2D eigenvalue weighted by molar-refractivity contribution is 5.89. The van der Waals surface area contributed by atoms with Gasteiger partial charge in [0, 0.05) is 12.4 Å². The van der Waals surface area contributed by atoms with Crippen molar-refractivity contribution in [3.8, 4) is 0 Å². The summed E-state index contributed by atoms with van der Waals surface area (Å²) in [7, 11) is 1.84. The van der Waals surface area contributed by atoms with E-state index in [0.717, 1.165) is 10.9 Å². The number of ether oxygens (including phenoxy) is 1. The lowest BCUT2D eigenvalue weighted by Gasteiger charge is -2.19. The molecule has 0 fully saturated rings. The predicted molar refractivity (Wildman–Crippen MR) is 83.3 cm³/mol. The van der Waals surface area contributed by atoms with Gasteiger partial charge in [0.15, 0.2) is 0 Å². The molecule has 0 aliphatic heterocycles. The van der Waals surface area contributed by atoms with E-state index in [1.54, 1.807) is 25.5 Å². The van der Waals surface area contributed by atoms with Crippen LogP contribution in [0, 0.1) is 0 Å². The van der Waals surface area contributed by atoms with Gasteiger partial charge in [-0.25, -0.2) is 0 Å². The van der Waals surface area contributed by atoms with Crippen LogP contribution in [0.5, 0.6) is 0 Å². The lowest BCUT2D eigenvalue weighted by atomic mass is 10.1. The molecule has 1 N–H and O–H groups in total. The first-order valence-corrected chi connectivity index (χ1v) is 7.15. The van der Waals surface area contributed by atoms with Crippen LogP contribution in [0.4, 0.5) is 0 Å². The Kier molecular flexibility index (Phi) is 4.49. The Bertz CT molecular complexity index is 698. The summed E-state index contributed by atoms with van der Waals surface area (Å²) < 4.78 is 6.88. The van der Waals surface area contributed by atoms with Gasteiger partial charge in [-0.05, 0) is 26.8 Å². The summed E-state index contributed by atoms with van der Waals surface area (Å²) >= 11 is 0. The Hall–Kier alpha value is -2.37. The van der Waals surface area contributed by atoms with Gasteiger partial charge in [-0.15, -0.1) is 0 Å². The van der Waals surface area contributed by atoms with Crippen molar-refractivity contribution in [2.75, 3.05) is 6.54 Å². The van der Waals surface area contributed by atoms with Crippen LogP contribution in [-0.4, -0.2) is 33.8 Å². The standard InChI is InChI=1S/C16H21N3O3/c1-16(2,3)22-15(21)10-17-14(20)9-12-11-7-5-6-8-13(11)19(4)18-12/h5-8H,9-10H2,1-4H3,(H,17,20). The Morgan fingerprint density at radius 1 is 1.27 bits per heavy atom. The number of rotatable bonds is 4. The highest BCUT2D eigenvalue weighted by atomic mass is 16.6. The summed E-state index contributed by atoms with van der Waals surface area (Å²) in [6, 6.07) is 7.71. The molecule has 1 amide bonds. The zero-order chi connectivity index (χ0) is 16.3. The van der Waals surface area contributed by atoms with Gasteiger partial charge < -0.3 is 10.1 Å². The number of nitrogens with one attached hydrogen (secondary N) is 1. The highest BCUT2D eigenvalue weighted by Gasteiger charge is 2.17. The maximum Gasteiger partial charge on any atom is 0.325 e. The van der Waals surface area contributed by atoms with Crippen LogP contribution < -0.4 is 5.32 Å². The Balaban J connectivity index is 1.96. The molecule has 0 aliphatic rings. The molecule has 1 aromatic heterocycles. The summed E-state index contributed by atoms with van der Waals surface area (Å²) in [6.07, 6.45) is 0.129. The molecule has 2 aromatic rings. The molecule has 6 heteroatoms. The number of nitrogens with zero attached hydrogens (tertiary/aromatic N) is 2.